The second kappa shape index (κ2) is 9.71. The summed E-state index contributed by atoms with van der Waals surface area (Å²) in [7, 11) is 3.46. The van der Waals surface area contributed by atoms with E-state index in [1.165, 1.54) is 5.56 Å². The summed E-state index contributed by atoms with van der Waals surface area (Å²) in [6.07, 6.45) is 2.11. The maximum atomic E-state index is 12.8. The van der Waals surface area contributed by atoms with Crippen molar-refractivity contribution in [3.05, 3.63) is 65.2 Å². The molecular weight excluding hydrogens is 352 g/mol. The summed E-state index contributed by atoms with van der Waals surface area (Å²) in [5.74, 6) is 1.25. The number of nitrogens with zero attached hydrogens (tertiary/aromatic N) is 2. The number of benzene rings is 2. The fraction of sp³-hybridized carbons (Fsp3) is 0.435. The lowest BCUT2D eigenvalue weighted by molar-refractivity contribution is 0.0784. The Morgan fingerprint density at radius 3 is 2.46 bits per heavy atom. The number of likely N-dealkylation sites (tertiary alicyclic amines) is 1. The maximum absolute atomic E-state index is 12.8. The molecule has 1 amide bonds. The Morgan fingerprint density at radius 1 is 1.14 bits per heavy atom. The lowest BCUT2D eigenvalue weighted by Gasteiger charge is -2.31. The molecule has 3 rings (SSSR count). The molecule has 1 aliphatic rings. The van der Waals surface area contributed by atoms with Gasteiger partial charge in [0.1, 0.15) is 5.75 Å². The maximum Gasteiger partial charge on any atom is 0.253 e. The Bertz CT molecular complexity index is 768. The number of ether oxygens (including phenoxy) is 1. The molecule has 0 radical (unpaired) electrons. The second-order valence-corrected chi connectivity index (χ2v) is 7.57. The standard InChI is InChI=1S/C23H30N2O3/c1-24(16-21-5-3-4-6-22(21)28-2)23(27)20-9-7-18(8-10-20)15-25-13-11-19(17-26)12-14-25/h3-10,19,26H,11-17H2,1-2H3. The SMILES string of the molecule is COc1ccccc1CN(C)C(=O)c1ccc(CN2CCC(CO)CC2)cc1. The van der Waals surface area contributed by atoms with Gasteiger partial charge in [-0.15, -0.1) is 0 Å². The molecule has 2 aromatic rings. The van der Waals surface area contributed by atoms with Gasteiger partial charge in [-0.05, 0) is 55.6 Å². The molecule has 28 heavy (non-hydrogen) atoms. The minimum Gasteiger partial charge on any atom is -0.496 e. The summed E-state index contributed by atoms with van der Waals surface area (Å²) >= 11 is 0. The van der Waals surface area contributed by atoms with Gasteiger partial charge < -0.3 is 14.7 Å². The Kier molecular flexibility index (Phi) is 7.06. The number of carbonyl (C=O) groups is 1. The van der Waals surface area contributed by atoms with E-state index >= 15 is 0 Å². The van der Waals surface area contributed by atoms with Gasteiger partial charge >= 0.3 is 0 Å². The molecule has 2 aromatic carbocycles. The Hall–Kier alpha value is -2.37. The number of aliphatic hydroxyl groups excluding tert-OH is 1. The Balaban J connectivity index is 1.57. The molecule has 0 saturated carbocycles. The van der Waals surface area contributed by atoms with Crippen molar-refractivity contribution in [1.29, 1.82) is 0 Å². The zero-order chi connectivity index (χ0) is 19.9. The average Bonchev–Trinajstić information content (AvgIpc) is 2.74. The molecule has 5 nitrogen and oxygen atoms in total. The van der Waals surface area contributed by atoms with Gasteiger partial charge in [0.15, 0.2) is 0 Å². The van der Waals surface area contributed by atoms with Crippen molar-refractivity contribution in [3.8, 4) is 5.75 Å². The fourth-order valence-electron chi connectivity index (χ4n) is 3.72. The zero-order valence-electron chi connectivity index (χ0n) is 16.8. The summed E-state index contributed by atoms with van der Waals surface area (Å²) in [6, 6.07) is 15.7. The molecule has 5 heteroatoms. The summed E-state index contributed by atoms with van der Waals surface area (Å²) in [4.78, 5) is 16.9. The minimum absolute atomic E-state index is 0.00113. The van der Waals surface area contributed by atoms with Crippen LogP contribution in [0, 0.1) is 5.92 Å². The third-order valence-electron chi connectivity index (χ3n) is 5.52. The third kappa shape index (κ3) is 5.12. The molecule has 150 valence electrons. The minimum atomic E-state index is 0.00113. The van der Waals surface area contributed by atoms with Gasteiger partial charge in [-0.2, -0.15) is 0 Å². The van der Waals surface area contributed by atoms with Gasteiger partial charge in [0, 0.05) is 37.9 Å². The molecule has 0 unspecified atom stereocenters. The Morgan fingerprint density at radius 2 is 1.82 bits per heavy atom. The predicted molar refractivity (Wildman–Crippen MR) is 110 cm³/mol. The van der Waals surface area contributed by atoms with Crippen LogP contribution in [0.2, 0.25) is 0 Å². The van der Waals surface area contributed by atoms with Gasteiger partial charge in [0.25, 0.3) is 5.91 Å². The molecule has 0 bridgehead atoms. The first-order valence-corrected chi connectivity index (χ1v) is 9.90. The molecule has 0 spiro atoms. The van der Waals surface area contributed by atoms with Gasteiger partial charge in [0.2, 0.25) is 0 Å². The number of hydrogen-bond donors (Lipinski definition) is 1. The summed E-state index contributed by atoms with van der Waals surface area (Å²) < 4.78 is 5.38. The molecule has 1 fully saturated rings. The number of carbonyl (C=O) groups excluding carboxylic acids is 1. The van der Waals surface area contributed by atoms with Crippen LogP contribution in [0.1, 0.15) is 34.3 Å². The van der Waals surface area contributed by atoms with Crippen molar-refractivity contribution in [2.24, 2.45) is 5.92 Å². The number of hydrogen-bond acceptors (Lipinski definition) is 4. The predicted octanol–water partition coefficient (Wildman–Crippen LogP) is 3.17. The first kappa shape index (κ1) is 20.4. The number of para-hydroxylation sites is 1. The fourth-order valence-corrected chi connectivity index (χ4v) is 3.72. The van der Waals surface area contributed by atoms with Crippen LogP contribution in [0.15, 0.2) is 48.5 Å². The highest BCUT2D eigenvalue weighted by Crippen LogP contribution is 2.21. The first-order chi connectivity index (χ1) is 13.6. The monoisotopic (exact) mass is 382 g/mol. The lowest BCUT2D eigenvalue weighted by Crippen LogP contribution is -2.34. The molecule has 1 saturated heterocycles. The zero-order valence-corrected chi connectivity index (χ0v) is 16.8. The van der Waals surface area contributed by atoms with E-state index in [4.69, 9.17) is 4.74 Å². The van der Waals surface area contributed by atoms with Crippen LogP contribution in [-0.2, 0) is 13.1 Å². The molecule has 1 heterocycles. The highest BCUT2D eigenvalue weighted by atomic mass is 16.5. The average molecular weight is 383 g/mol. The van der Waals surface area contributed by atoms with Gasteiger partial charge in [-0.3, -0.25) is 9.69 Å². The number of aliphatic hydroxyl groups is 1. The van der Waals surface area contributed by atoms with Gasteiger partial charge in [-0.25, -0.2) is 0 Å². The van der Waals surface area contributed by atoms with Crippen molar-refractivity contribution < 1.29 is 14.6 Å². The van der Waals surface area contributed by atoms with E-state index in [1.807, 2.05) is 55.6 Å². The third-order valence-corrected chi connectivity index (χ3v) is 5.52. The van der Waals surface area contributed by atoms with Crippen molar-refractivity contribution in [2.75, 3.05) is 33.9 Å². The number of amides is 1. The molecular formula is C23H30N2O3. The van der Waals surface area contributed by atoms with E-state index < -0.39 is 0 Å². The Labute approximate surface area is 167 Å². The topological polar surface area (TPSA) is 53.0 Å². The lowest BCUT2D eigenvalue weighted by atomic mass is 9.97. The summed E-state index contributed by atoms with van der Waals surface area (Å²) in [5.41, 5.74) is 2.90. The van der Waals surface area contributed by atoms with E-state index in [0.29, 0.717) is 24.6 Å². The molecule has 1 N–H and O–H groups in total. The normalized spacial score (nSPS) is 15.4. The van der Waals surface area contributed by atoms with E-state index in [0.717, 1.165) is 43.8 Å². The van der Waals surface area contributed by atoms with Gasteiger partial charge in [-0.1, -0.05) is 30.3 Å². The van der Waals surface area contributed by atoms with E-state index in [9.17, 15) is 9.90 Å². The number of rotatable bonds is 7. The van der Waals surface area contributed by atoms with Crippen LogP contribution in [0.25, 0.3) is 0 Å². The van der Waals surface area contributed by atoms with Gasteiger partial charge in [0.05, 0.1) is 7.11 Å². The first-order valence-electron chi connectivity index (χ1n) is 9.90. The van der Waals surface area contributed by atoms with E-state index in [1.54, 1.807) is 12.0 Å². The van der Waals surface area contributed by atoms with Crippen molar-refractivity contribution in [1.82, 2.24) is 9.80 Å². The molecule has 0 aromatic heterocycles. The molecule has 0 atom stereocenters. The van der Waals surface area contributed by atoms with Crippen molar-refractivity contribution in [3.63, 3.8) is 0 Å². The highest BCUT2D eigenvalue weighted by molar-refractivity contribution is 5.94. The van der Waals surface area contributed by atoms with E-state index in [2.05, 4.69) is 4.90 Å². The van der Waals surface area contributed by atoms with Crippen LogP contribution in [0.4, 0.5) is 0 Å². The second-order valence-electron chi connectivity index (χ2n) is 7.57. The molecule has 0 aliphatic carbocycles. The number of piperidine rings is 1. The summed E-state index contributed by atoms with van der Waals surface area (Å²) in [6.45, 7) is 3.74. The highest BCUT2D eigenvalue weighted by Gasteiger charge is 2.19. The van der Waals surface area contributed by atoms with Crippen LogP contribution >= 0.6 is 0 Å². The van der Waals surface area contributed by atoms with E-state index in [-0.39, 0.29) is 5.91 Å². The smallest absolute Gasteiger partial charge is 0.253 e. The number of methoxy groups -OCH3 is 1. The van der Waals surface area contributed by atoms with Crippen LogP contribution in [0.5, 0.6) is 5.75 Å². The quantitative estimate of drug-likeness (QED) is 0.799. The van der Waals surface area contributed by atoms with Crippen molar-refractivity contribution >= 4 is 5.91 Å². The van der Waals surface area contributed by atoms with Crippen LogP contribution < -0.4 is 4.74 Å². The largest absolute Gasteiger partial charge is 0.496 e. The summed E-state index contributed by atoms with van der Waals surface area (Å²) in [5, 5.41) is 9.26. The van der Waals surface area contributed by atoms with Crippen LogP contribution in [0.3, 0.4) is 0 Å². The molecule has 1 aliphatic heterocycles. The van der Waals surface area contributed by atoms with Crippen LogP contribution in [-0.4, -0.2) is 54.7 Å². The van der Waals surface area contributed by atoms with Crippen molar-refractivity contribution in [2.45, 2.75) is 25.9 Å².